The van der Waals surface area contributed by atoms with Gasteiger partial charge in [-0.05, 0) is 19.4 Å². The van der Waals surface area contributed by atoms with E-state index in [4.69, 9.17) is 4.74 Å². The Kier molecular flexibility index (Phi) is 3.35. The largest absolute Gasteiger partial charge is 0.492 e. The predicted molar refractivity (Wildman–Crippen MR) is 67.3 cm³/mol. The van der Waals surface area contributed by atoms with Crippen molar-refractivity contribution in [2.24, 2.45) is 0 Å². The lowest BCUT2D eigenvalue weighted by Crippen LogP contribution is -2.48. The van der Waals surface area contributed by atoms with E-state index in [-0.39, 0.29) is 12.6 Å². The zero-order valence-electron chi connectivity index (χ0n) is 10.8. The third kappa shape index (κ3) is 2.25. The maximum Gasteiger partial charge on any atom is 0.331 e. The molecule has 7 nitrogen and oxygen atoms in total. The second-order valence-electron chi connectivity index (χ2n) is 5.25. The standard InChI is InChI=1S/C12H16FN3O4/c13-9-10(17)14-12(19)16(11(9)18)5-8-4-15-3-1-2-7(15)6-20-8/h7-8,18H,1-6H2,(H,14,17,19). The van der Waals surface area contributed by atoms with Gasteiger partial charge in [0.15, 0.2) is 0 Å². The topological polar surface area (TPSA) is 87.6 Å². The summed E-state index contributed by atoms with van der Waals surface area (Å²) in [4.78, 5) is 26.7. The number of nitrogens with one attached hydrogen (secondary N) is 1. The predicted octanol–water partition coefficient (Wildman–Crippen LogP) is -0.756. The van der Waals surface area contributed by atoms with Gasteiger partial charge in [0.25, 0.3) is 5.56 Å². The SMILES string of the molecule is O=c1[nH]c(=O)n(CC2CN3CCCC3CO2)c(O)c1F. The lowest BCUT2D eigenvalue weighted by molar-refractivity contribution is -0.0564. The van der Waals surface area contributed by atoms with Gasteiger partial charge in [-0.2, -0.15) is 4.39 Å². The van der Waals surface area contributed by atoms with Crippen LogP contribution in [0, 0.1) is 5.82 Å². The Bertz CT molecular complexity index is 626. The lowest BCUT2D eigenvalue weighted by atomic mass is 10.2. The summed E-state index contributed by atoms with van der Waals surface area (Å²) in [6.07, 6.45) is 1.92. The van der Waals surface area contributed by atoms with Crippen LogP contribution in [0.25, 0.3) is 0 Å². The maximum absolute atomic E-state index is 13.3. The first kappa shape index (κ1) is 13.3. The fraction of sp³-hybridized carbons (Fsp3) is 0.667. The van der Waals surface area contributed by atoms with Crippen molar-refractivity contribution in [2.75, 3.05) is 19.7 Å². The molecule has 1 aromatic rings. The van der Waals surface area contributed by atoms with Gasteiger partial charge in [0, 0.05) is 12.6 Å². The summed E-state index contributed by atoms with van der Waals surface area (Å²) in [5.41, 5.74) is -2.05. The van der Waals surface area contributed by atoms with Crippen LogP contribution in [-0.2, 0) is 11.3 Å². The molecule has 0 saturated carbocycles. The zero-order valence-corrected chi connectivity index (χ0v) is 10.8. The number of fused-ring (bicyclic) bond motifs is 1. The average Bonchev–Trinajstić information content (AvgIpc) is 2.88. The van der Waals surface area contributed by atoms with E-state index in [9.17, 15) is 19.1 Å². The normalized spacial score (nSPS) is 26.6. The molecule has 2 N–H and O–H groups in total. The van der Waals surface area contributed by atoms with Crippen LogP contribution in [0.5, 0.6) is 5.88 Å². The molecule has 2 atom stereocenters. The molecule has 0 aromatic carbocycles. The van der Waals surface area contributed by atoms with Gasteiger partial charge in [-0.1, -0.05) is 0 Å². The molecule has 3 rings (SSSR count). The molecule has 3 heterocycles. The first-order valence-electron chi connectivity index (χ1n) is 6.63. The Morgan fingerprint density at radius 3 is 3.05 bits per heavy atom. The fourth-order valence-corrected chi connectivity index (χ4v) is 2.90. The number of morpholine rings is 1. The molecule has 2 unspecified atom stereocenters. The number of H-pyrrole nitrogens is 1. The number of aromatic amines is 1. The van der Waals surface area contributed by atoms with Gasteiger partial charge in [0.05, 0.1) is 19.3 Å². The van der Waals surface area contributed by atoms with Crippen molar-refractivity contribution >= 4 is 0 Å². The summed E-state index contributed by atoms with van der Waals surface area (Å²) >= 11 is 0. The van der Waals surface area contributed by atoms with Crippen molar-refractivity contribution in [2.45, 2.75) is 31.5 Å². The second kappa shape index (κ2) is 5.02. The quantitative estimate of drug-likeness (QED) is 0.746. The van der Waals surface area contributed by atoms with Crippen LogP contribution in [0.15, 0.2) is 9.59 Å². The molecule has 0 amide bonds. The van der Waals surface area contributed by atoms with Crippen molar-refractivity contribution in [1.29, 1.82) is 0 Å². The molecule has 110 valence electrons. The minimum Gasteiger partial charge on any atom is -0.492 e. The Hall–Kier alpha value is -1.67. The highest BCUT2D eigenvalue weighted by Gasteiger charge is 2.32. The minimum atomic E-state index is -1.35. The van der Waals surface area contributed by atoms with Gasteiger partial charge in [-0.25, -0.2) is 4.79 Å². The maximum atomic E-state index is 13.3. The molecule has 2 saturated heterocycles. The van der Waals surface area contributed by atoms with Crippen LogP contribution >= 0.6 is 0 Å². The highest BCUT2D eigenvalue weighted by molar-refractivity contribution is 5.09. The number of hydrogen-bond acceptors (Lipinski definition) is 5. The molecular weight excluding hydrogens is 269 g/mol. The van der Waals surface area contributed by atoms with E-state index < -0.39 is 22.9 Å². The highest BCUT2D eigenvalue weighted by Crippen LogP contribution is 2.23. The van der Waals surface area contributed by atoms with Crippen LogP contribution in [0.3, 0.4) is 0 Å². The molecule has 0 bridgehead atoms. The van der Waals surface area contributed by atoms with Crippen LogP contribution in [0.1, 0.15) is 12.8 Å². The molecule has 0 aliphatic carbocycles. The molecule has 8 heteroatoms. The van der Waals surface area contributed by atoms with Gasteiger partial charge in [-0.15, -0.1) is 0 Å². The Balaban J connectivity index is 1.80. The van der Waals surface area contributed by atoms with Crippen LogP contribution in [0.4, 0.5) is 4.39 Å². The summed E-state index contributed by atoms with van der Waals surface area (Å²) < 4.78 is 19.8. The summed E-state index contributed by atoms with van der Waals surface area (Å²) in [6, 6.07) is 0.420. The molecule has 0 spiro atoms. The van der Waals surface area contributed by atoms with E-state index in [1.807, 2.05) is 4.98 Å². The molecule has 2 aliphatic rings. The fourth-order valence-electron chi connectivity index (χ4n) is 2.90. The number of aromatic hydroxyl groups is 1. The third-order valence-electron chi connectivity index (χ3n) is 3.96. The monoisotopic (exact) mass is 285 g/mol. The summed E-state index contributed by atoms with van der Waals surface area (Å²) in [6.45, 7) is 2.22. The molecule has 2 aliphatic heterocycles. The van der Waals surface area contributed by atoms with Crippen LogP contribution in [0.2, 0.25) is 0 Å². The molecule has 2 fully saturated rings. The number of nitrogens with zero attached hydrogens (tertiary/aromatic N) is 2. The van der Waals surface area contributed by atoms with Gasteiger partial charge in [0.1, 0.15) is 0 Å². The number of halogens is 1. The Morgan fingerprint density at radius 1 is 1.45 bits per heavy atom. The van der Waals surface area contributed by atoms with E-state index in [0.717, 1.165) is 24.0 Å². The number of hydrogen-bond donors (Lipinski definition) is 2. The van der Waals surface area contributed by atoms with Gasteiger partial charge in [-0.3, -0.25) is 19.2 Å². The first-order valence-corrected chi connectivity index (χ1v) is 6.63. The lowest BCUT2D eigenvalue weighted by Gasteiger charge is -2.35. The van der Waals surface area contributed by atoms with Crippen molar-refractivity contribution in [1.82, 2.24) is 14.5 Å². The average molecular weight is 285 g/mol. The van der Waals surface area contributed by atoms with Crippen molar-refractivity contribution in [3.8, 4) is 5.88 Å². The van der Waals surface area contributed by atoms with E-state index >= 15 is 0 Å². The summed E-state index contributed by atoms with van der Waals surface area (Å²) in [7, 11) is 0. The highest BCUT2D eigenvalue weighted by atomic mass is 19.1. The van der Waals surface area contributed by atoms with Gasteiger partial charge in [0.2, 0.25) is 11.7 Å². The molecule has 20 heavy (non-hydrogen) atoms. The van der Waals surface area contributed by atoms with Crippen LogP contribution in [-0.4, -0.2) is 51.4 Å². The summed E-state index contributed by atoms with van der Waals surface area (Å²) in [5.74, 6) is -2.29. The van der Waals surface area contributed by atoms with E-state index in [1.54, 1.807) is 0 Å². The summed E-state index contributed by atoms with van der Waals surface area (Å²) in [5, 5.41) is 9.58. The zero-order chi connectivity index (χ0) is 14.3. The van der Waals surface area contributed by atoms with E-state index in [0.29, 0.717) is 19.2 Å². The smallest absolute Gasteiger partial charge is 0.331 e. The minimum absolute atomic E-state index is 0.0155. The Labute approximate surface area is 113 Å². The van der Waals surface area contributed by atoms with E-state index in [1.165, 1.54) is 0 Å². The molecular formula is C12H16FN3O4. The van der Waals surface area contributed by atoms with Gasteiger partial charge >= 0.3 is 5.69 Å². The first-order chi connectivity index (χ1) is 9.56. The van der Waals surface area contributed by atoms with Crippen molar-refractivity contribution in [3.05, 3.63) is 26.7 Å². The van der Waals surface area contributed by atoms with Crippen molar-refractivity contribution < 1.29 is 14.2 Å². The van der Waals surface area contributed by atoms with Crippen molar-refractivity contribution in [3.63, 3.8) is 0 Å². The van der Waals surface area contributed by atoms with E-state index in [2.05, 4.69) is 4.90 Å². The van der Waals surface area contributed by atoms with Gasteiger partial charge < -0.3 is 9.84 Å². The molecule has 0 radical (unpaired) electrons. The number of ether oxygens (including phenoxy) is 1. The van der Waals surface area contributed by atoms with Crippen LogP contribution < -0.4 is 11.2 Å². The Morgan fingerprint density at radius 2 is 2.25 bits per heavy atom. The number of rotatable bonds is 2. The second-order valence-corrected chi connectivity index (χ2v) is 5.25. The molecule has 1 aromatic heterocycles. The third-order valence-corrected chi connectivity index (χ3v) is 3.96. The number of aromatic nitrogens is 2.